The minimum absolute atomic E-state index is 0.0655. The first kappa shape index (κ1) is 39.4. The smallest absolute Gasteiger partial charge is 0.305 e. The van der Waals surface area contributed by atoms with Crippen molar-refractivity contribution >= 4 is 45.2 Å². The van der Waals surface area contributed by atoms with Crippen molar-refractivity contribution in [3.8, 4) is 0 Å². The van der Waals surface area contributed by atoms with Crippen LogP contribution in [0, 0.1) is 13.8 Å². The van der Waals surface area contributed by atoms with Gasteiger partial charge in [-0.15, -0.1) is 0 Å². The Morgan fingerprint density at radius 1 is 0.741 bits per heavy atom. The summed E-state index contributed by atoms with van der Waals surface area (Å²) in [4.78, 5) is 41.9. The Bertz CT molecular complexity index is 2060. The summed E-state index contributed by atoms with van der Waals surface area (Å²) >= 11 is 0. The van der Waals surface area contributed by atoms with Crippen LogP contribution in [0.5, 0.6) is 0 Å². The van der Waals surface area contributed by atoms with Gasteiger partial charge in [-0.25, -0.2) is 4.98 Å². The van der Waals surface area contributed by atoms with Crippen LogP contribution in [0.15, 0.2) is 18.2 Å². The summed E-state index contributed by atoms with van der Waals surface area (Å²) in [5.41, 5.74) is 17.5. The molecule has 0 aromatic carbocycles. The number of carbonyl (C=O) groups is 2. The number of hydrogen-bond donors (Lipinski definition) is 2. The van der Waals surface area contributed by atoms with Crippen LogP contribution in [0.2, 0.25) is 0 Å². The molecule has 2 atom stereocenters. The van der Waals surface area contributed by atoms with E-state index in [4.69, 9.17) is 33.7 Å². The molecule has 3 aliphatic rings. The Morgan fingerprint density at radius 3 is 1.93 bits per heavy atom. The molecule has 0 unspecified atom stereocenters. The molecule has 0 spiro atoms. The highest BCUT2D eigenvalue weighted by Gasteiger charge is 2.35. The summed E-state index contributed by atoms with van der Waals surface area (Å²) < 4.78 is 26.8. The average Bonchev–Trinajstić information content (AvgIpc) is 3.92. The second kappa shape index (κ2) is 17.9. The van der Waals surface area contributed by atoms with E-state index >= 15 is 0 Å². The van der Waals surface area contributed by atoms with Gasteiger partial charge in [0.2, 0.25) is 0 Å². The van der Waals surface area contributed by atoms with E-state index in [0.717, 1.165) is 70.5 Å². The molecule has 0 amide bonds. The quantitative estimate of drug-likeness (QED) is 0.105. The van der Waals surface area contributed by atoms with E-state index < -0.39 is 0 Å². The van der Waals surface area contributed by atoms with Crippen LogP contribution < -0.4 is 0 Å². The molecule has 2 aliphatic heterocycles. The lowest BCUT2D eigenvalue weighted by Gasteiger charge is -2.17. The highest BCUT2D eigenvalue weighted by atomic mass is 16.6. The number of nitrogens with zero attached hydrogens (tertiary/aromatic N) is 2. The molecule has 2 N–H and O–H groups in total. The molecule has 5 heterocycles. The monoisotopic (exact) mass is 740 g/mol. The first-order chi connectivity index (χ1) is 26.1. The molecule has 0 saturated heterocycles. The Kier molecular flexibility index (Phi) is 13.0. The first-order valence-electron chi connectivity index (χ1n) is 19.6. The van der Waals surface area contributed by atoms with Crippen molar-refractivity contribution in [2.24, 2.45) is 0 Å². The summed E-state index contributed by atoms with van der Waals surface area (Å²) in [6.07, 6.45) is 4.62. The number of ether oxygens (including phenoxy) is 5. The van der Waals surface area contributed by atoms with Gasteiger partial charge in [-0.1, -0.05) is 20.8 Å². The van der Waals surface area contributed by atoms with Crippen LogP contribution in [0.4, 0.5) is 0 Å². The topological polar surface area (TPSA) is 138 Å². The minimum atomic E-state index is -0.323. The average molecular weight is 741 g/mol. The number of H-pyrrole nitrogens is 2. The van der Waals surface area contributed by atoms with Crippen molar-refractivity contribution in [3.05, 3.63) is 68.8 Å². The molecule has 1 aliphatic carbocycles. The molecule has 11 heteroatoms. The molecule has 11 nitrogen and oxygen atoms in total. The minimum Gasteiger partial charge on any atom is -0.463 e. The second-order valence-corrected chi connectivity index (χ2v) is 14.4. The number of aromatic amines is 2. The number of fused-ring (bicyclic) bond motifs is 8. The van der Waals surface area contributed by atoms with Crippen LogP contribution in [-0.2, 0) is 52.5 Å². The molecule has 0 radical (unpaired) electrons. The number of carbonyl (C=O) groups excluding carboxylic acids is 2. The third-order valence-electron chi connectivity index (χ3n) is 11.1. The number of aryl methyl sites for hydroxylation is 4. The standard InChI is InChI=1S/C43H56N4O7/c1-8-30-25(3)35-22-37-28(6)33(12-13-41(49)54-21-19-52-17-15-50-14-16-51-18-20-53-29(7)48)43(46-37)34-11-10-32-27(5)38(47-42(32)34)24-40-31(9-2)26(4)36(45-40)23-39(30)44-35/h22-24,28,33,44-45H,8-21H2,1-7H3/t28-,33-/m0/s1. The van der Waals surface area contributed by atoms with E-state index in [9.17, 15) is 9.59 Å². The van der Waals surface area contributed by atoms with Gasteiger partial charge in [0.15, 0.2) is 0 Å². The van der Waals surface area contributed by atoms with Gasteiger partial charge in [0.1, 0.15) is 13.2 Å². The Labute approximate surface area is 318 Å². The van der Waals surface area contributed by atoms with Crippen molar-refractivity contribution in [2.45, 2.75) is 98.8 Å². The molecule has 3 aromatic heterocycles. The molecule has 290 valence electrons. The summed E-state index contributed by atoms with van der Waals surface area (Å²) in [7, 11) is 0. The van der Waals surface area contributed by atoms with Gasteiger partial charge in [0, 0.05) is 64.2 Å². The third kappa shape index (κ3) is 8.64. The van der Waals surface area contributed by atoms with Crippen molar-refractivity contribution in [1.29, 1.82) is 0 Å². The normalized spacial score (nSPS) is 16.4. The highest BCUT2D eigenvalue weighted by Crippen LogP contribution is 2.47. The molecule has 0 fully saturated rings. The number of hydrogen-bond acceptors (Lipinski definition) is 9. The van der Waals surface area contributed by atoms with Gasteiger partial charge in [-0.2, -0.15) is 0 Å². The SMILES string of the molecule is CCc1c(C)c2cc3[nH]c(cc4nc(c5c6nc(cc1[nH]2)C(C)=C6CC5)[C@@H](CCC(=O)OCCOCCOCCOCCOC(C)=O)[C@@H]4C)c(C)c3CC. The summed E-state index contributed by atoms with van der Waals surface area (Å²) in [5.74, 6) is -0.378. The fraction of sp³-hybridized carbons (Fsp3) is 0.535. The Hall–Kier alpha value is -4.32. The zero-order chi connectivity index (χ0) is 38.4. The predicted molar refractivity (Wildman–Crippen MR) is 210 cm³/mol. The maximum absolute atomic E-state index is 13.0. The van der Waals surface area contributed by atoms with E-state index in [1.54, 1.807) is 0 Å². The van der Waals surface area contributed by atoms with Gasteiger partial charge in [-0.05, 0) is 104 Å². The number of aromatic nitrogens is 4. The van der Waals surface area contributed by atoms with Gasteiger partial charge in [0.25, 0.3) is 0 Å². The zero-order valence-electron chi connectivity index (χ0n) is 33.0. The maximum atomic E-state index is 13.0. The van der Waals surface area contributed by atoms with Gasteiger partial charge in [-0.3, -0.25) is 14.6 Å². The molecule has 54 heavy (non-hydrogen) atoms. The van der Waals surface area contributed by atoms with Crippen molar-refractivity contribution in [1.82, 2.24) is 19.9 Å². The molecule has 0 saturated carbocycles. The molecular weight excluding hydrogens is 684 g/mol. The van der Waals surface area contributed by atoms with Crippen LogP contribution >= 0.6 is 0 Å². The summed E-state index contributed by atoms with van der Waals surface area (Å²) in [5, 5.41) is 0. The van der Waals surface area contributed by atoms with E-state index in [2.05, 4.69) is 69.7 Å². The Balaban J connectivity index is 1.17. The van der Waals surface area contributed by atoms with Crippen molar-refractivity contribution < 1.29 is 33.3 Å². The lowest BCUT2D eigenvalue weighted by molar-refractivity contribution is -0.145. The highest BCUT2D eigenvalue weighted by molar-refractivity contribution is 5.95. The second-order valence-electron chi connectivity index (χ2n) is 14.4. The maximum Gasteiger partial charge on any atom is 0.305 e. The van der Waals surface area contributed by atoms with Crippen LogP contribution in [0.25, 0.3) is 33.2 Å². The van der Waals surface area contributed by atoms with E-state index in [-0.39, 0.29) is 37.0 Å². The number of rotatable bonds is 17. The molecular formula is C43H56N4O7. The molecule has 3 aromatic rings. The van der Waals surface area contributed by atoms with Gasteiger partial charge in [0.05, 0.1) is 51.0 Å². The van der Waals surface area contributed by atoms with E-state index in [1.165, 1.54) is 45.9 Å². The number of allylic oxidation sites excluding steroid dienone is 2. The van der Waals surface area contributed by atoms with Crippen molar-refractivity contribution in [2.75, 3.05) is 52.9 Å². The van der Waals surface area contributed by atoms with Crippen molar-refractivity contribution in [3.63, 3.8) is 0 Å². The first-order valence-corrected chi connectivity index (χ1v) is 19.6. The fourth-order valence-electron chi connectivity index (χ4n) is 8.11. The largest absolute Gasteiger partial charge is 0.463 e. The third-order valence-corrected chi connectivity index (χ3v) is 11.1. The van der Waals surface area contributed by atoms with Gasteiger partial charge >= 0.3 is 11.9 Å². The Morgan fingerprint density at radius 2 is 1.31 bits per heavy atom. The number of nitrogens with one attached hydrogen (secondary N) is 2. The van der Waals surface area contributed by atoms with Crippen LogP contribution in [-0.4, -0.2) is 84.7 Å². The summed E-state index contributed by atoms with van der Waals surface area (Å²) in [6.45, 7) is 17.3. The van der Waals surface area contributed by atoms with Crippen LogP contribution in [0.3, 0.4) is 0 Å². The summed E-state index contributed by atoms with van der Waals surface area (Å²) in [6, 6.07) is 6.72. The predicted octanol–water partition coefficient (Wildman–Crippen LogP) is 7.76. The van der Waals surface area contributed by atoms with E-state index in [1.807, 2.05) is 0 Å². The molecule has 6 rings (SSSR count). The van der Waals surface area contributed by atoms with E-state index in [0.29, 0.717) is 52.5 Å². The fourth-order valence-corrected chi connectivity index (χ4v) is 8.11. The lowest BCUT2D eigenvalue weighted by Crippen LogP contribution is -2.15. The molecule has 8 bridgehead atoms. The number of esters is 2. The zero-order valence-corrected chi connectivity index (χ0v) is 33.0. The lowest BCUT2D eigenvalue weighted by atomic mass is 9.85. The van der Waals surface area contributed by atoms with Crippen LogP contribution in [0.1, 0.15) is 116 Å². The van der Waals surface area contributed by atoms with Gasteiger partial charge < -0.3 is 33.7 Å².